The van der Waals surface area contributed by atoms with E-state index in [1.807, 2.05) is 13.0 Å². The van der Waals surface area contributed by atoms with Crippen LogP contribution in [0.4, 0.5) is 5.95 Å². The van der Waals surface area contributed by atoms with E-state index in [2.05, 4.69) is 15.8 Å². The first-order chi connectivity index (χ1) is 13.1. The third-order valence-electron chi connectivity index (χ3n) is 3.86. The largest absolute Gasteiger partial charge is 0.482 e. The molecule has 0 atom stereocenters. The third-order valence-corrected chi connectivity index (χ3v) is 3.86. The molecule has 0 unspecified atom stereocenters. The number of hydrazine groups is 1. The molecule has 3 aromatic rings. The number of carbonyl (C=O) groups is 1. The van der Waals surface area contributed by atoms with Gasteiger partial charge in [0, 0.05) is 6.54 Å². The molecule has 2 N–H and O–H groups in total. The number of nitriles is 1. The molecular weight excluding hydrogens is 346 g/mol. The van der Waals surface area contributed by atoms with Gasteiger partial charge in [-0.3, -0.25) is 25.0 Å². The van der Waals surface area contributed by atoms with Crippen LogP contribution in [-0.4, -0.2) is 22.1 Å². The van der Waals surface area contributed by atoms with Crippen molar-refractivity contribution in [3.63, 3.8) is 0 Å². The fourth-order valence-electron chi connectivity index (χ4n) is 2.55. The molecule has 2 aromatic carbocycles. The maximum absolute atomic E-state index is 12.5. The second-order valence-corrected chi connectivity index (χ2v) is 5.57. The monoisotopic (exact) mass is 363 g/mol. The van der Waals surface area contributed by atoms with Gasteiger partial charge >= 0.3 is 0 Å². The van der Waals surface area contributed by atoms with Crippen molar-refractivity contribution in [2.75, 3.05) is 12.0 Å². The molecule has 0 saturated heterocycles. The zero-order valence-corrected chi connectivity index (χ0v) is 14.6. The summed E-state index contributed by atoms with van der Waals surface area (Å²) in [4.78, 5) is 28.9. The number of benzene rings is 2. The average molecular weight is 363 g/mol. The molecule has 0 aliphatic rings. The van der Waals surface area contributed by atoms with Crippen LogP contribution in [0.2, 0.25) is 0 Å². The van der Waals surface area contributed by atoms with Crippen LogP contribution in [0.25, 0.3) is 10.9 Å². The minimum atomic E-state index is -0.479. The number of rotatable bonds is 6. The Labute approximate surface area is 155 Å². The number of hydrogen-bond acceptors (Lipinski definition) is 6. The smallest absolute Gasteiger partial charge is 0.276 e. The van der Waals surface area contributed by atoms with Gasteiger partial charge < -0.3 is 4.74 Å². The van der Waals surface area contributed by atoms with Gasteiger partial charge in [0.05, 0.1) is 16.5 Å². The lowest BCUT2D eigenvalue weighted by Gasteiger charge is -2.14. The number of nitrogens with one attached hydrogen (secondary N) is 2. The van der Waals surface area contributed by atoms with Gasteiger partial charge in [-0.1, -0.05) is 24.3 Å². The van der Waals surface area contributed by atoms with Crippen molar-refractivity contribution in [2.24, 2.45) is 0 Å². The van der Waals surface area contributed by atoms with Crippen LogP contribution in [-0.2, 0) is 11.3 Å². The molecular formula is C19H17N5O3. The molecule has 0 radical (unpaired) electrons. The SMILES string of the molecule is CCn1c(NNC(=O)COc2ccccc2C#N)nc2ccccc2c1=O. The lowest BCUT2D eigenvalue weighted by molar-refractivity contribution is -0.122. The molecule has 1 aromatic heterocycles. The molecule has 8 nitrogen and oxygen atoms in total. The zero-order valence-electron chi connectivity index (χ0n) is 14.6. The van der Waals surface area contributed by atoms with Gasteiger partial charge in [0.15, 0.2) is 6.61 Å². The number of aromatic nitrogens is 2. The van der Waals surface area contributed by atoms with Crippen LogP contribution in [0.1, 0.15) is 12.5 Å². The van der Waals surface area contributed by atoms with Gasteiger partial charge in [-0.2, -0.15) is 5.26 Å². The molecule has 136 valence electrons. The van der Waals surface area contributed by atoms with Gasteiger partial charge in [0.2, 0.25) is 5.95 Å². The highest BCUT2D eigenvalue weighted by molar-refractivity contribution is 5.80. The van der Waals surface area contributed by atoms with Crippen LogP contribution in [0, 0.1) is 11.3 Å². The zero-order chi connectivity index (χ0) is 19.2. The molecule has 3 rings (SSSR count). The summed E-state index contributed by atoms with van der Waals surface area (Å²) in [5.74, 6) is 0.0734. The highest BCUT2D eigenvalue weighted by atomic mass is 16.5. The van der Waals surface area contributed by atoms with Crippen LogP contribution in [0.15, 0.2) is 53.3 Å². The molecule has 0 aliphatic heterocycles. The van der Waals surface area contributed by atoms with E-state index in [0.29, 0.717) is 28.8 Å². The summed E-state index contributed by atoms with van der Waals surface area (Å²) in [5, 5.41) is 9.53. The summed E-state index contributed by atoms with van der Waals surface area (Å²) >= 11 is 0. The summed E-state index contributed by atoms with van der Waals surface area (Å²) in [6.45, 7) is 1.91. The molecule has 0 fully saturated rings. The number of amides is 1. The fraction of sp³-hybridized carbons (Fsp3) is 0.158. The Kier molecular flexibility index (Phi) is 5.33. The Morgan fingerprint density at radius 2 is 1.96 bits per heavy atom. The Morgan fingerprint density at radius 3 is 2.74 bits per heavy atom. The summed E-state index contributed by atoms with van der Waals surface area (Å²) in [6.07, 6.45) is 0. The van der Waals surface area contributed by atoms with E-state index in [9.17, 15) is 9.59 Å². The summed E-state index contributed by atoms with van der Waals surface area (Å²) in [7, 11) is 0. The van der Waals surface area contributed by atoms with Gasteiger partial charge in [0.25, 0.3) is 11.5 Å². The number of anilines is 1. The Morgan fingerprint density at radius 1 is 1.22 bits per heavy atom. The molecule has 0 bridgehead atoms. The maximum atomic E-state index is 12.5. The Hall–Kier alpha value is -3.86. The van der Waals surface area contributed by atoms with Crippen LogP contribution in [0.5, 0.6) is 5.75 Å². The highest BCUT2D eigenvalue weighted by Gasteiger charge is 2.11. The lowest BCUT2D eigenvalue weighted by Crippen LogP contribution is -2.37. The molecule has 1 heterocycles. The maximum Gasteiger partial charge on any atom is 0.276 e. The minimum Gasteiger partial charge on any atom is -0.482 e. The number of nitrogens with zero attached hydrogens (tertiary/aromatic N) is 3. The molecule has 8 heteroatoms. The number of ether oxygens (including phenoxy) is 1. The topological polar surface area (TPSA) is 109 Å². The standard InChI is InChI=1S/C19H17N5O3/c1-2-24-18(26)14-8-4-5-9-15(14)21-19(24)23-22-17(25)12-27-16-10-6-3-7-13(16)11-20/h3-10H,2,12H2,1H3,(H,21,23)(H,22,25). The molecule has 1 amide bonds. The van der Waals surface area contributed by atoms with E-state index in [4.69, 9.17) is 10.00 Å². The van der Waals surface area contributed by atoms with Gasteiger partial charge in [-0.15, -0.1) is 0 Å². The average Bonchev–Trinajstić information content (AvgIpc) is 2.71. The summed E-state index contributed by atoms with van der Waals surface area (Å²) in [6, 6.07) is 15.6. The van der Waals surface area contributed by atoms with Gasteiger partial charge in [0.1, 0.15) is 11.8 Å². The van der Waals surface area contributed by atoms with Gasteiger partial charge in [-0.05, 0) is 31.2 Å². The number of fused-ring (bicyclic) bond motifs is 1. The Balaban J connectivity index is 1.70. The van der Waals surface area contributed by atoms with Crippen LogP contribution < -0.4 is 21.1 Å². The van der Waals surface area contributed by atoms with Crippen molar-refractivity contribution in [1.29, 1.82) is 5.26 Å². The Bertz CT molecular complexity index is 1080. The summed E-state index contributed by atoms with van der Waals surface area (Å²) in [5.41, 5.74) is 5.80. The lowest BCUT2D eigenvalue weighted by atomic mass is 10.2. The van der Waals surface area contributed by atoms with Crippen molar-refractivity contribution in [2.45, 2.75) is 13.5 Å². The van der Waals surface area contributed by atoms with E-state index < -0.39 is 5.91 Å². The second kappa shape index (κ2) is 8.01. The molecule has 0 saturated carbocycles. The predicted octanol–water partition coefficient (Wildman–Crippen LogP) is 1.81. The normalized spacial score (nSPS) is 10.2. The minimum absolute atomic E-state index is 0.195. The molecule has 27 heavy (non-hydrogen) atoms. The number of para-hydroxylation sites is 2. The van der Waals surface area contributed by atoms with E-state index >= 15 is 0 Å². The number of carbonyl (C=O) groups excluding carboxylic acids is 1. The molecule has 0 spiro atoms. The second-order valence-electron chi connectivity index (χ2n) is 5.57. The van der Waals surface area contributed by atoms with E-state index in [1.54, 1.807) is 48.5 Å². The highest BCUT2D eigenvalue weighted by Crippen LogP contribution is 2.16. The van der Waals surface area contributed by atoms with Crippen LogP contribution in [0.3, 0.4) is 0 Å². The van der Waals surface area contributed by atoms with Crippen molar-refractivity contribution >= 4 is 22.8 Å². The molecule has 0 aliphatic carbocycles. The van der Waals surface area contributed by atoms with E-state index in [-0.39, 0.29) is 18.1 Å². The van der Waals surface area contributed by atoms with Crippen molar-refractivity contribution in [3.05, 3.63) is 64.4 Å². The van der Waals surface area contributed by atoms with E-state index in [0.717, 1.165) is 0 Å². The first-order valence-corrected chi connectivity index (χ1v) is 8.30. The van der Waals surface area contributed by atoms with Crippen molar-refractivity contribution in [3.8, 4) is 11.8 Å². The van der Waals surface area contributed by atoms with Gasteiger partial charge in [-0.25, -0.2) is 4.98 Å². The fourth-order valence-corrected chi connectivity index (χ4v) is 2.55. The quantitative estimate of drug-likeness (QED) is 0.647. The van der Waals surface area contributed by atoms with Crippen LogP contribution >= 0.6 is 0 Å². The first kappa shape index (κ1) is 17.9. The van der Waals surface area contributed by atoms with Crippen molar-refractivity contribution < 1.29 is 9.53 Å². The first-order valence-electron chi connectivity index (χ1n) is 8.30. The van der Waals surface area contributed by atoms with E-state index in [1.165, 1.54) is 4.57 Å². The van der Waals surface area contributed by atoms with Crippen molar-refractivity contribution in [1.82, 2.24) is 15.0 Å². The third kappa shape index (κ3) is 3.88. The summed E-state index contributed by atoms with van der Waals surface area (Å²) < 4.78 is 6.79. The number of hydrogen-bond donors (Lipinski definition) is 2. The predicted molar refractivity (Wildman–Crippen MR) is 100 cm³/mol.